The molecule has 0 unspecified atom stereocenters. The van der Waals surface area contributed by atoms with Gasteiger partial charge >= 0.3 is 0 Å². The summed E-state index contributed by atoms with van der Waals surface area (Å²) in [5.74, 6) is 0.721. The van der Waals surface area contributed by atoms with Crippen LogP contribution in [0.5, 0.6) is 0 Å². The summed E-state index contributed by atoms with van der Waals surface area (Å²) in [6.07, 6.45) is 0. The summed E-state index contributed by atoms with van der Waals surface area (Å²) in [6, 6.07) is 56.5. The molecule has 0 amide bonds. The van der Waals surface area contributed by atoms with Crippen LogP contribution >= 0.6 is 0 Å². The third kappa shape index (κ3) is 4.40. The average Bonchev–Trinajstić information content (AvgIpc) is 3.37. The Morgan fingerprint density at radius 3 is 1.89 bits per heavy atom. The summed E-state index contributed by atoms with van der Waals surface area (Å²) in [4.78, 5) is 10.3. The van der Waals surface area contributed by atoms with E-state index in [0.717, 1.165) is 33.9 Å². The molecule has 1 aliphatic rings. The standard InChI is InChI=1S/C45H32N2/c1-45(2)39-21-11-10-19-38(39)43-37(20-12-22-40(43)45)35-25-26-36(34-18-9-8-17-33(34)35)42-28-41(46-44(47-42)30-14-4-3-5-15-30)32-24-23-29-13-6-7-16-31(29)27-32/h3-28H,1-2H3. The molecule has 0 atom stereocenters. The number of rotatable bonds is 4. The molecule has 0 saturated heterocycles. The Bertz CT molecular complexity index is 2490. The van der Waals surface area contributed by atoms with Crippen LogP contribution in [-0.4, -0.2) is 9.97 Å². The molecule has 0 spiro atoms. The molecule has 0 N–H and O–H groups in total. The second-order valence-corrected chi connectivity index (χ2v) is 13.0. The fourth-order valence-corrected chi connectivity index (χ4v) is 7.53. The van der Waals surface area contributed by atoms with Crippen LogP contribution < -0.4 is 0 Å². The van der Waals surface area contributed by atoms with E-state index >= 15 is 0 Å². The van der Waals surface area contributed by atoms with Crippen molar-refractivity contribution in [3.63, 3.8) is 0 Å². The zero-order valence-corrected chi connectivity index (χ0v) is 26.4. The number of fused-ring (bicyclic) bond motifs is 5. The lowest BCUT2D eigenvalue weighted by molar-refractivity contribution is 0.660. The van der Waals surface area contributed by atoms with Gasteiger partial charge in [-0.2, -0.15) is 0 Å². The number of hydrogen-bond acceptors (Lipinski definition) is 2. The van der Waals surface area contributed by atoms with Crippen molar-refractivity contribution < 1.29 is 0 Å². The van der Waals surface area contributed by atoms with Crippen molar-refractivity contribution in [2.45, 2.75) is 19.3 Å². The predicted octanol–water partition coefficient (Wildman–Crippen LogP) is 11.8. The SMILES string of the molecule is CC1(C)c2ccccc2-c2c(-c3ccc(-c4cc(-c5ccc6ccccc6c5)nc(-c5ccccc5)n4)c4ccccc34)cccc21. The topological polar surface area (TPSA) is 25.8 Å². The van der Waals surface area contributed by atoms with Crippen molar-refractivity contribution in [1.82, 2.24) is 9.97 Å². The van der Waals surface area contributed by atoms with E-state index in [9.17, 15) is 0 Å². The van der Waals surface area contributed by atoms with Crippen LogP contribution in [0.2, 0.25) is 0 Å². The minimum absolute atomic E-state index is 0.0500. The highest BCUT2D eigenvalue weighted by Crippen LogP contribution is 2.52. The summed E-state index contributed by atoms with van der Waals surface area (Å²) in [5.41, 5.74) is 12.9. The highest BCUT2D eigenvalue weighted by Gasteiger charge is 2.36. The summed E-state index contributed by atoms with van der Waals surface area (Å²) in [6.45, 7) is 4.68. The third-order valence-corrected chi connectivity index (χ3v) is 9.90. The van der Waals surface area contributed by atoms with E-state index in [-0.39, 0.29) is 5.41 Å². The Morgan fingerprint density at radius 2 is 1.04 bits per heavy atom. The maximum absolute atomic E-state index is 5.21. The van der Waals surface area contributed by atoms with Crippen molar-refractivity contribution in [2.24, 2.45) is 0 Å². The van der Waals surface area contributed by atoms with Crippen molar-refractivity contribution in [3.8, 4) is 56.2 Å². The molecule has 9 rings (SSSR count). The predicted molar refractivity (Wildman–Crippen MR) is 196 cm³/mol. The molecule has 0 radical (unpaired) electrons. The molecule has 0 bridgehead atoms. The van der Waals surface area contributed by atoms with Gasteiger partial charge in [0.05, 0.1) is 11.4 Å². The lowest BCUT2D eigenvalue weighted by Crippen LogP contribution is -2.14. The van der Waals surface area contributed by atoms with Crippen LogP contribution in [0.25, 0.3) is 77.7 Å². The Hall–Kier alpha value is -5.86. The normalized spacial score (nSPS) is 13.1. The average molecular weight is 601 g/mol. The second-order valence-electron chi connectivity index (χ2n) is 13.0. The molecule has 2 nitrogen and oxygen atoms in total. The molecule has 0 aliphatic heterocycles. The van der Waals surface area contributed by atoms with Gasteiger partial charge in [-0.05, 0) is 67.1 Å². The third-order valence-electron chi connectivity index (χ3n) is 9.90. The second kappa shape index (κ2) is 10.6. The number of aromatic nitrogens is 2. The van der Waals surface area contributed by atoms with E-state index < -0.39 is 0 Å². The highest BCUT2D eigenvalue weighted by molar-refractivity contribution is 6.08. The Kier molecular flexibility index (Phi) is 6.20. The fourth-order valence-electron chi connectivity index (χ4n) is 7.53. The van der Waals surface area contributed by atoms with Crippen LogP contribution in [0.3, 0.4) is 0 Å². The summed E-state index contributed by atoms with van der Waals surface area (Å²) < 4.78 is 0. The zero-order chi connectivity index (χ0) is 31.5. The van der Waals surface area contributed by atoms with Gasteiger partial charge in [0.15, 0.2) is 5.82 Å². The first kappa shape index (κ1) is 27.5. The minimum Gasteiger partial charge on any atom is -0.228 e. The highest BCUT2D eigenvalue weighted by atomic mass is 14.9. The maximum atomic E-state index is 5.21. The first-order chi connectivity index (χ1) is 23.1. The monoisotopic (exact) mass is 600 g/mol. The summed E-state index contributed by atoms with van der Waals surface area (Å²) >= 11 is 0. The van der Waals surface area contributed by atoms with Crippen LogP contribution in [0.1, 0.15) is 25.0 Å². The van der Waals surface area contributed by atoms with Crippen molar-refractivity contribution in [3.05, 3.63) is 169 Å². The van der Waals surface area contributed by atoms with Gasteiger partial charge in [-0.15, -0.1) is 0 Å². The van der Waals surface area contributed by atoms with E-state index in [1.165, 1.54) is 54.9 Å². The molecule has 47 heavy (non-hydrogen) atoms. The van der Waals surface area contributed by atoms with Crippen LogP contribution in [0.15, 0.2) is 158 Å². The molecule has 1 aliphatic carbocycles. The van der Waals surface area contributed by atoms with E-state index in [1.807, 2.05) is 18.2 Å². The van der Waals surface area contributed by atoms with Crippen molar-refractivity contribution in [1.29, 1.82) is 0 Å². The zero-order valence-electron chi connectivity index (χ0n) is 26.4. The van der Waals surface area contributed by atoms with Gasteiger partial charge in [-0.1, -0.05) is 159 Å². The summed E-state index contributed by atoms with van der Waals surface area (Å²) in [5, 5.41) is 4.80. The van der Waals surface area contributed by atoms with Crippen molar-refractivity contribution in [2.75, 3.05) is 0 Å². The first-order valence-corrected chi connectivity index (χ1v) is 16.3. The molecular weight excluding hydrogens is 569 g/mol. The molecule has 2 heteroatoms. The van der Waals surface area contributed by atoms with Crippen molar-refractivity contribution >= 4 is 21.5 Å². The molecule has 1 heterocycles. The van der Waals surface area contributed by atoms with E-state index in [0.29, 0.717) is 0 Å². The van der Waals surface area contributed by atoms with Gasteiger partial charge < -0.3 is 0 Å². The molecule has 0 saturated carbocycles. The van der Waals surface area contributed by atoms with E-state index in [2.05, 4.69) is 153 Å². The molecular formula is C45H32N2. The lowest BCUT2D eigenvalue weighted by atomic mass is 9.81. The Morgan fingerprint density at radius 1 is 0.404 bits per heavy atom. The molecule has 222 valence electrons. The largest absolute Gasteiger partial charge is 0.228 e. The van der Waals surface area contributed by atoms with Gasteiger partial charge in [-0.25, -0.2) is 9.97 Å². The smallest absolute Gasteiger partial charge is 0.160 e. The van der Waals surface area contributed by atoms with E-state index in [1.54, 1.807) is 0 Å². The Labute approximate surface area is 275 Å². The lowest BCUT2D eigenvalue weighted by Gasteiger charge is -2.22. The van der Waals surface area contributed by atoms with E-state index in [4.69, 9.17) is 9.97 Å². The minimum atomic E-state index is -0.0500. The fraction of sp³-hybridized carbons (Fsp3) is 0.0667. The maximum Gasteiger partial charge on any atom is 0.160 e. The van der Waals surface area contributed by atoms with Crippen LogP contribution in [0.4, 0.5) is 0 Å². The van der Waals surface area contributed by atoms with Gasteiger partial charge in [0.25, 0.3) is 0 Å². The first-order valence-electron chi connectivity index (χ1n) is 16.3. The van der Waals surface area contributed by atoms with Crippen LogP contribution in [-0.2, 0) is 5.41 Å². The quantitative estimate of drug-likeness (QED) is 0.201. The number of nitrogens with zero attached hydrogens (tertiary/aromatic N) is 2. The molecule has 1 aromatic heterocycles. The van der Waals surface area contributed by atoms with Crippen LogP contribution in [0, 0.1) is 0 Å². The Balaban J connectivity index is 1.26. The number of benzene rings is 7. The van der Waals surface area contributed by atoms with Gasteiger partial charge in [0, 0.05) is 22.1 Å². The number of hydrogen-bond donors (Lipinski definition) is 0. The molecule has 0 fully saturated rings. The van der Waals surface area contributed by atoms with Gasteiger partial charge in [-0.3, -0.25) is 0 Å². The molecule has 7 aromatic carbocycles. The summed E-state index contributed by atoms with van der Waals surface area (Å²) in [7, 11) is 0. The van der Waals surface area contributed by atoms with Gasteiger partial charge in [0.1, 0.15) is 0 Å². The molecule has 8 aromatic rings. The van der Waals surface area contributed by atoms with Gasteiger partial charge in [0.2, 0.25) is 0 Å².